The predicted molar refractivity (Wildman–Crippen MR) is 60.0 cm³/mol. The van der Waals surface area contributed by atoms with Gasteiger partial charge in [0.15, 0.2) is 0 Å². The Bertz CT molecular complexity index is 345. The van der Waals surface area contributed by atoms with Gasteiger partial charge in [-0.3, -0.25) is 0 Å². The molecule has 1 atom stereocenters. The second-order valence-electron chi connectivity index (χ2n) is 3.08. The van der Waals surface area contributed by atoms with Gasteiger partial charge in [0.1, 0.15) is 0 Å². The molecule has 0 aliphatic carbocycles. The molecule has 0 saturated carbocycles. The van der Waals surface area contributed by atoms with Gasteiger partial charge in [0.2, 0.25) is 6.08 Å². The van der Waals surface area contributed by atoms with Gasteiger partial charge in [-0.05, 0) is 24.5 Å². The molecule has 0 unspecified atom stereocenters. The van der Waals surface area contributed by atoms with Gasteiger partial charge in [0.05, 0.1) is 6.04 Å². The normalized spacial score (nSPS) is 11.9. The molecule has 0 saturated heterocycles. The highest BCUT2D eigenvalue weighted by Gasteiger charge is 2.07. The van der Waals surface area contributed by atoms with Crippen molar-refractivity contribution in [2.75, 3.05) is 0 Å². The maximum Gasteiger partial charge on any atom is 0.235 e. The fourth-order valence-electron chi connectivity index (χ4n) is 1.27. The standard InChI is InChI=1S/C11H12BrNO/c1-2-10(13-8-14)7-9-5-3-4-6-11(9)12/h3-6,10H,2,7H2,1H3/t10-/m0/s1. The average molecular weight is 254 g/mol. The monoisotopic (exact) mass is 253 g/mol. The lowest BCUT2D eigenvalue weighted by molar-refractivity contribution is 0.552. The number of carbonyl (C=O) groups excluding carboxylic acids is 1. The third kappa shape index (κ3) is 3.09. The Morgan fingerprint density at radius 1 is 1.50 bits per heavy atom. The van der Waals surface area contributed by atoms with E-state index in [1.54, 1.807) is 6.08 Å². The van der Waals surface area contributed by atoms with Crippen LogP contribution in [0.25, 0.3) is 0 Å². The molecule has 0 bridgehead atoms. The van der Waals surface area contributed by atoms with Crippen molar-refractivity contribution >= 4 is 22.0 Å². The Morgan fingerprint density at radius 2 is 2.21 bits per heavy atom. The highest BCUT2D eigenvalue weighted by molar-refractivity contribution is 9.10. The van der Waals surface area contributed by atoms with Gasteiger partial charge in [0, 0.05) is 4.47 Å². The summed E-state index contributed by atoms with van der Waals surface area (Å²) in [6, 6.07) is 8.03. The molecule has 0 amide bonds. The predicted octanol–water partition coefficient (Wildman–Crippen LogP) is 3.11. The maximum absolute atomic E-state index is 10.1. The van der Waals surface area contributed by atoms with Crippen molar-refractivity contribution in [1.82, 2.24) is 0 Å². The van der Waals surface area contributed by atoms with Gasteiger partial charge >= 0.3 is 0 Å². The zero-order valence-electron chi connectivity index (χ0n) is 8.03. The van der Waals surface area contributed by atoms with Crippen LogP contribution in [0.3, 0.4) is 0 Å². The van der Waals surface area contributed by atoms with Gasteiger partial charge < -0.3 is 0 Å². The van der Waals surface area contributed by atoms with Gasteiger partial charge in [-0.15, -0.1) is 0 Å². The molecular formula is C11H12BrNO. The van der Waals surface area contributed by atoms with E-state index in [9.17, 15) is 4.79 Å². The Kier molecular flexibility index (Phi) is 4.57. The minimum Gasteiger partial charge on any atom is -0.211 e. The summed E-state index contributed by atoms with van der Waals surface area (Å²) < 4.78 is 1.07. The molecule has 0 N–H and O–H groups in total. The van der Waals surface area contributed by atoms with E-state index in [2.05, 4.69) is 20.9 Å². The maximum atomic E-state index is 10.1. The van der Waals surface area contributed by atoms with Gasteiger partial charge in [-0.25, -0.2) is 9.79 Å². The molecule has 1 aromatic rings. The molecule has 14 heavy (non-hydrogen) atoms. The summed E-state index contributed by atoms with van der Waals surface area (Å²) >= 11 is 3.46. The number of rotatable bonds is 4. The van der Waals surface area contributed by atoms with Crippen LogP contribution in [0, 0.1) is 0 Å². The number of aliphatic imine (C=N–C) groups is 1. The van der Waals surface area contributed by atoms with E-state index in [0.29, 0.717) is 0 Å². The van der Waals surface area contributed by atoms with Crippen molar-refractivity contribution in [3.05, 3.63) is 34.3 Å². The Hall–Kier alpha value is -0.920. The van der Waals surface area contributed by atoms with E-state index in [4.69, 9.17) is 0 Å². The molecule has 0 fully saturated rings. The smallest absolute Gasteiger partial charge is 0.211 e. The third-order valence-electron chi connectivity index (χ3n) is 2.12. The molecule has 0 spiro atoms. The number of hydrogen-bond acceptors (Lipinski definition) is 2. The minimum absolute atomic E-state index is 0.0474. The first kappa shape index (κ1) is 11.2. The fraction of sp³-hybridized carbons (Fsp3) is 0.364. The molecule has 0 aromatic heterocycles. The topological polar surface area (TPSA) is 29.4 Å². The van der Waals surface area contributed by atoms with Gasteiger partial charge in [-0.2, -0.15) is 0 Å². The van der Waals surface area contributed by atoms with Crippen molar-refractivity contribution in [3.63, 3.8) is 0 Å². The third-order valence-corrected chi connectivity index (χ3v) is 2.89. The fourth-order valence-corrected chi connectivity index (χ4v) is 1.72. The van der Waals surface area contributed by atoms with Crippen LogP contribution in [0.1, 0.15) is 18.9 Å². The summed E-state index contributed by atoms with van der Waals surface area (Å²) in [6.07, 6.45) is 3.26. The zero-order chi connectivity index (χ0) is 10.4. The van der Waals surface area contributed by atoms with Crippen LogP contribution in [0.5, 0.6) is 0 Å². The highest BCUT2D eigenvalue weighted by atomic mass is 79.9. The minimum atomic E-state index is 0.0474. The van der Waals surface area contributed by atoms with Crippen LogP contribution < -0.4 is 0 Å². The zero-order valence-corrected chi connectivity index (χ0v) is 9.62. The van der Waals surface area contributed by atoms with E-state index in [1.807, 2.05) is 31.2 Å². The molecule has 2 nitrogen and oxygen atoms in total. The molecule has 0 heterocycles. The lowest BCUT2D eigenvalue weighted by Crippen LogP contribution is -2.06. The SMILES string of the molecule is CC[C@@H](Cc1ccccc1Br)N=C=O. The van der Waals surface area contributed by atoms with Crippen molar-refractivity contribution < 1.29 is 4.79 Å². The molecular weight excluding hydrogens is 242 g/mol. The number of isocyanates is 1. The average Bonchev–Trinajstić information content (AvgIpc) is 2.20. The van der Waals surface area contributed by atoms with E-state index in [-0.39, 0.29) is 6.04 Å². The highest BCUT2D eigenvalue weighted by Crippen LogP contribution is 2.19. The molecule has 3 heteroatoms. The van der Waals surface area contributed by atoms with E-state index >= 15 is 0 Å². The molecule has 0 aliphatic heterocycles. The van der Waals surface area contributed by atoms with Crippen LogP contribution >= 0.6 is 15.9 Å². The lowest BCUT2D eigenvalue weighted by atomic mass is 10.0. The molecule has 0 radical (unpaired) electrons. The number of benzene rings is 1. The summed E-state index contributed by atoms with van der Waals surface area (Å²) in [5.41, 5.74) is 1.18. The Balaban J connectivity index is 2.76. The van der Waals surface area contributed by atoms with E-state index < -0.39 is 0 Å². The van der Waals surface area contributed by atoms with Crippen molar-refractivity contribution in [2.24, 2.45) is 4.99 Å². The van der Waals surface area contributed by atoms with Crippen LogP contribution in [0.2, 0.25) is 0 Å². The molecule has 1 rings (SSSR count). The number of halogens is 1. The quantitative estimate of drug-likeness (QED) is 0.599. The first-order valence-corrected chi connectivity index (χ1v) is 5.37. The van der Waals surface area contributed by atoms with E-state index in [0.717, 1.165) is 17.3 Å². The lowest BCUT2D eigenvalue weighted by Gasteiger charge is -2.08. The summed E-state index contributed by atoms with van der Waals surface area (Å²) in [7, 11) is 0. The Morgan fingerprint density at radius 3 is 2.79 bits per heavy atom. The molecule has 74 valence electrons. The van der Waals surface area contributed by atoms with Crippen LogP contribution in [0.15, 0.2) is 33.7 Å². The van der Waals surface area contributed by atoms with Gasteiger partial charge in [0.25, 0.3) is 0 Å². The Labute approximate surface area is 92.2 Å². The second kappa shape index (κ2) is 5.74. The van der Waals surface area contributed by atoms with Crippen LogP contribution in [-0.2, 0) is 11.2 Å². The van der Waals surface area contributed by atoms with Crippen molar-refractivity contribution in [3.8, 4) is 0 Å². The molecule has 1 aromatic carbocycles. The first-order chi connectivity index (χ1) is 6.77. The summed E-state index contributed by atoms with van der Waals surface area (Å²) in [6.45, 7) is 2.02. The first-order valence-electron chi connectivity index (χ1n) is 4.58. The summed E-state index contributed by atoms with van der Waals surface area (Å²) in [5.74, 6) is 0. The van der Waals surface area contributed by atoms with E-state index in [1.165, 1.54) is 5.56 Å². The molecule has 0 aliphatic rings. The summed E-state index contributed by atoms with van der Waals surface area (Å²) in [4.78, 5) is 13.9. The van der Waals surface area contributed by atoms with Crippen molar-refractivity contribution in [1.29, 1.82) is 0 Å². The van der Waals surface area contributed by atoms with Crippen molar-refractivity contribution in [2.45, 2.75) is 25.8 Å². The number of hydrogen-bond donors (Lipinski definition) is 0. The summed E-state index contributed by atoms with van der Waals surface area (Å²) in [5, 5.41) is 0. The largest absolute Gasteiger partial charge is 0.235 e. The van der Waals surface area contributed by atoms with Gasteiger partial charge in [-0.1, -0.05) is 41.1 Å². The van der Waals surface area contributed by atoms with Crippen LogP contribution in [-0.4, -0.2) is 12.1 Å². The van der Waals surface area contributed by atoms with Crippen LogP contribution in [0.4, 0.5) is 0 Å². The number of nitrogens with zero attached hydrogens (tertiary/aromatic N) is 1. The second-order valence-corrected chi connectivity index (χ2v) is 3.93.